The molecule has 0 aliphatic carbocycles. The molecule has 0 aromatic carbocycles. The number of halogens is 1. The smallest absolute Gasteiger partial charge is 0.173 e. The zero-order valence-corrected chi connectivity index (χ0v) is 16.2. The zero-order valence-electron chi connectivity index (χ0n) is 14.6. The van der Waals surface area contributed by atoms with Gasteiger partial charge in [0.25, 0.3) is 0 Å². The van der Waals surface area contributed by atoms with Gasteiger partial charge in [-0.1, -0.05) is 16.8 Å². The van der Waals surface area contributed by atoms with E-state index in [0.29, 0.717) is 22.1 Å². The molecule has 0 spiro atoms. The van der Waals surface area contributed by atoms with Crippen molar-refractivity contribution in [2.24, 2.45) is 0 Å². The topological polar surface area (TPSA) is 75.9 Å². The van der Waals surface area contributed by atoms with E-state index in [4.69, 9.17) is 11.6 Å². The molecule has 0 amide bonds. The molecule has 140 valence electrons. The average Bonchev–Trinajstić information content (AvgIpc) is 3.36. The number of carbonyl (C=O) groups excluding carboxylic acids is 1. The van der Waals surface area contributed by atoms with Gasteiger partial charge in [-0.2, -0.15) is 0 Å². The van der Waals surface area contributed by atoms with E-state index < -0.39 is 0 Å². The monoisotopic (exact) mass is 402 g/mol. The Labute approximate surface area is 166 Å². The highest BCUT2D eigenvalue weighted by Gasteiger charge is 2.13. The summed E-state index contributed by atoms with van der Waals surface area (Å²) in [5.74, 6) is 1.05. The highest BCUT2D eigenvalue weighted by atomic mass is 35.5. The number of thiophene rings is 1. The third-order valence-electron chi connectivity index (χ3n) is 4.43. The second-order valence-electron chi connectivity index (χ2n) is 6.29. The largest absolute Gasteiger partial charge is 0.354 e. The van der Waals surface area contributed by atoms with Crippen molar-refractivity contribution < 1.29 is 4.79 Å². The minimum absolute atomic E-state index is 0.0727. The fourth-order valence-corrected chi connectivity index (χ4v) is 3.97. The summed E-state index contributed by atoms with van der Waals surface area (Å²) in [6, 6.07) is 7.50. The van der Waals surface area contributed by atoms with Gasteiger partial charge in [-0.05, 0) is 24.3 Å². The number of pyridine rings is 1. The lowest BCUT2D eigenvalue weighted by Crippen LogP contribution is -2.43. The molecule has 1 aliphatic rings. The highest BCUT2D eigenvalue weighted by molar-refractivity contribution is 7.18. The van der Waals surface area contributed by atoms with Crippen LogP contribution in [-0.4, -0.2) is 51.9 Å². The molecule has 9 heteroatoms. The molecule has 0 saturated carbocycles. The van der Waals surface area contributed by atoms with Crippen LogP contribution in [0.3, 0.4) is 0 Å². The highest BCUT2D eigenvalue weighted by Crippen LogP contribution is 2.23. The summed E-state index contributed by atoms with van der Waals surface area (Å²) in [5, 5.41) is 11.7. The number of Topliss-reactive ketones (excluding diaryl/α,β-unsaturated/α-hetero) is 1. The van der Waals surface area contributed by atoms with Gasteiger partial charge in [-0.3, -0.25) is 4.79 Å². The predicted molar refractivity (Wildman–Crippen MR) is 106 cm³/mol. The molecule has 3 aromatic heterocycles. The number of rotatable bonds is 6. The van der Waals surface area contributed by atoms with Gasteiger partial charge in [0.15, 0.2) is 5.78 Å². The standard InChI is InChI=1S/C18H19ClN6OS/c19-17-5-4-16(27-17)15(26)3-1-13-12-25(23-22-13)14-2-6-18(21-11-14)24-9-7-20-8-10-24/h2,4-6,11-12,20H,1,3,7-10H2. The van der Waals surface area contributed by atoms with Crippen molar-refractivity contribution >= 4 is 34.5 Å². The number of carbonyl (C=O) groups is 1. The summed E-state index contributed by atoms with van der Waals surface area (Å²) >= 11 is 7.19. The average molecular weight is 403 g/mol. The van der Waals surface area contributed by atoms with E-state index >= 15 is 0 Å². The molecule has 7 nitrogen and oxygen atoms in total. The Morgan fingerprint density at radius 1 is 1.22 bits per heavy atom. The van der Waals surface area contributed by atoms with Crippen LogP contribution in [0.25, 0.3) is 5.69 Å². The van der Waals surface area contributed by atoms with Crippen molar-refractivity contribution in [1.82, 2.24) is 25.3 Å². The van der Waals surface area contributed by atoms with Gasteiger partial charge in [0, 0.05) is 39.0 Å². The van der Waals surface area contributed by atoms with E-state index in [-0.39, 0.29) is 5.78 Å². The summed E-state index contributed by atoms with van der Waals surface area (Å²) in [7, 11) is 0. The maximum absolute atomic E-state index is 12.2. The van der Waals surface area contributed by atoms with Crippen LogP contribution in [0.5, 0.6) is 0 Å². The van der Waals surface area contributed by atoms with Crippen molar-refractivity contribution in [3.63, 3.8) is 0 Å². The van der Waals surface area contributed by atoms with E-state index in [1.165, 1.54) is 11.3 Å². The summed E-state index contributed by atoms with van der Waals surface area (Å²) in [6.45, 7) is 3.88. The van der Waals surface area contributed by atoms with Crippen LogP contribution >= 0.6 is 22.9 Å². The van der Waals surface area contributed by atoms with Crippen LogP contribution < -0.4 is 10.2 Å². The number of hydrogen-bond donors (Lipinski definition) is 1. The maximum atomic E-state index is 12.2. The first kappa shape index (κ1) is 18.1. The molecular formula is C18H19ClN6OS. The quantitative estimate of drug-likeness (QED) is 0.639. The molecule has 1 aliphatic heterocycles. The number of aryl methyl sites for hydroxylation is 1. The molecule has 0 atom stereocenters. The Kier molecular flexibility index (Phi) is 5.47. The molecule has 4 rings (SSSR count). The second-order valence-corrected chi connectivity index (χ2v) is 8.01. The molecule has 1 saturated heterocycles. The third kappa shape index (κ3) is 4.35. The number of nitrogens with one attached hydrogen (secondary N) is 1. The summed E-state index contributed by atoms with van der Waals surface area (Å²) in [4.78, 5) is 19.7. The molecule has 4 heterocycles. The van der Waals surface area contributed by atoms with Crippen LogP contribution in [-0.2, 0) is 6.42 Å². The Hall–Kier alpha value is -2.29. The SMILES string of the molecule is O=C(CCc1cn(-c2ccc(N3CCNCC3)nc2)nn1)c1ccc(Cl)s1. The number of piperazine rings is 1. The van der Waals surface area contributed by atoms with Crippen LogP contribution in [0.2, 0.25) is 4.34 Å². The van der Waals surface area contributed by atoms with Crippen molar-refractivity contribution in [3.8, 4) is 5.69 Å². The van der Waals surface area contributed by atoms with Gasteiger partial charge >= 0.3 is 0 Å². The lowest BCUT2D eigenvalue weighted by atomic mass is 10.1. The second kappa shape index (κ2) is 8.16. The van der Waals surface area contributed by atoms with Gasteiger partial charge in [0.1, 0.15) is 5.82 Å². The van der Waals surface area contributed by atoms with E-state index in [9.17, 15) is 4.79 Å². The summed E-state index contributed by atoms with van der Waals surface area (Å²) < 4.78 is 2.32. The summed E-state index contributed by atoms with van der Waals surface area (Å²) in [6.07, 6.45) is 4.57. The fraction of sp³-hybridized carbons (Fsp3) is 0.333. The Morgan fingerprint density at radius 2 is 2.07 bits per heavy atom. The van der Waals surface area contributed by atoms with Gasteiger partial charge in [-0.25, -0.2) is 9.67 Å². The van der Waals surface area contributed by atoms with Gasteiger partial charge in [0.2, 0.25) is 0 Å². The molecular weight excluding hydrogens is 384 g/mol. The first-order chi connectivity index (χ1) is 13.2. The minimum Gasteiger partial charge on any atom is -0.354 e. The van der Waals surface area contributed by atoms with Crippen molar-refractivity contribution in [1.29, 1.82) is 0 Å². The Morgan fingerprint density at radius 3 is 2.78 bits per heavy atom. The first-order valence-electron chi connectivity index (χ1n) is 8.81. The number of aromatic nitrogens is 4. The number of anilines is 1. The van der Waals surface area contributed by atoms with Crippen molar-refractivity contribution in [3.05, 3.63) is 51.6 Å². The molecule has 0 radical (unpaired) electrons. The molecule has 3 aromatic rings. The molecule has 27 heavy (non-hydrogen) atoms. The molecule has 1 fully saturated rings. The Balaban J connectivity index is 1.37. The van der Waals surface area contributed by atoms with Gasteiger partial charge in [0.05, 0.1) is 33.0 Å². The van der Waals surface area contributed by atoms with Gasteiger partial charge < -0.3 is 10.2 Å². The molecule has 0 bridgehead atoms. The van der Waals surface area contributed by atoms with E-state index in [0.717, 1.165) is 43.4 Å². The first-order valence-corrected chi connectivity index (χ1v) is 10.0. The van der Waals surface area contributed by atoms with E-state index in [1.54, 1.807) is 23.0 Å². The third-order valence-corrected chi connectivity index (χ3v) is 5.71. The van der Waals surface area contributed by atoms with Crippen molar-refractivity contribution in [2.45, 2.75) is 12.8 Å². The maximum Gasteiger partial charge on any atom is 0.173 e. The molecule has 1 N–H and O–H groups in total. The van der Waals surface area contributed by atoms with Crippen molar-refractivity contribution in [2.75, 3.05) is 31.1 Å². The number of hydrogen-bond acceptors (Lipinski definition) is 7. The van der Waals surface area contributed by atoms with Crippen LogP contribution in [0.4, 0.5) is 5.82 Å². The summed E-state index contributed by atoms with van der Waals surface area (Å²) in [5.41, 5.74) is 1.63. The van der Waals surface area contributed by atoms with Crippen LogP contribution in [0, 0.1) is 0 Å². The lowest BCUT2D eigenvalue weighted by Gasteiger charge is -2.28. The number of nitrogens with zero attached hydrogens (tertiary/aromatic N) is 5. The van der Waals surface area contributed by atoms with Crippen LogP contribution in [0.15, 0.2) is 36.7 Å². The normalized spacial score (nSPS) is 14.5. The fourth-order valence-electron chi connectivity index (χ4n) is 2.96. The minimum atomic E-state index is 0.0727. The van der Waals surface area contributed by atoms with Crippen LogP contribution in [0.1, 0.15) is 21.8 Å². The zero-order chi connectivity index (χ0) is 18.6. The lowest BCUT2D eigenvalue weighted by molar-refractivity contribution is 0.0986. The van der Waals surface area contributed by atoms with E-state index in [2.05, 4.69) is 25.5 Å². The predicted octanol–water partition coefficient (Wildman–Crippen LogP) is 2.60. The van der Waals surface area contributed by atoms with E-state index in [1.807, 2.05) is 18.3 Å². The molecule has 0 unspecified atom stereocenters. The van der Waals surface area contributed by atoms with Gasteiger partial charge in [-0.15, -0.1) is 16.4 Å². The number of ketones is 1. The Bertz CT molecular complexity index is 916.